The van der Waals surface area contributed by atoms with Gasteiger partial charge in [0.15, 0.2) is 5.82 Å². The molecule has 2 heterocycles. The van der Waals surface area contributed by atoms with Gasteiger partial charge in [0.25, 0.3) is 5.91 Å². The number of likely N-dealkylation sites (tertiary alicyclic amines) is 1. The van der Waals surface area contributed by atoms with Gasteiger partial charge >= 0.3 is 0 Å². The van der Waals surface area contributed by atoms with Gasteiger partial charge in [0.1, 0.15) is 0 Å². The predicted octanol–water partition coefficient (Wildman–Crippen LogP) is 4.19. The van der Waals surface area contributed by atoms with Gasteiger partial charge in [0.2, 0.25) is 0 Å². The monoisotopic (exact) mass is 372 g/mol. The number of rotatable bonds is 4. The van der Waals surface area contributed by atoms with Crippen LogP contribution in [0.3, 0.4) is 0 Å². The number of hydrogen-bond acceptors (Lipinski definition) is 4. The molecule has 1 aliphatic rings. The Morgan fingerprint density at radius 3 is 2.54 bits per heavy atom. The molecule has 1 amide bonds. The number of benzene rings is 2. The molecule has 1 atom stereocenters. The van der Waals surface area contributed by atoms with Gasteiger partial charge in [0.05, 0.1) is 11.7 Å². The van der Waals surface area contributed by atoms with Gasteiger partial charge in [-0.15, -0.1) is 10.2 Å². The molecule has 0 radical (unpaired) electrons. The molecule has 1 fully saturated rings. The minimum Gasteiger partial charge on any atom is -0.361 e. The van der Waals surface area contributed by atoms with Crippen molar-refractivity contribution in [1.29, 1.82) is 0 Å². The average Bonchev–Trinajstić information content (AvgIpc) is 3.24. The van der Waals surface area contributed by atoms with Crippen molar-refractivity contribution < 1.29 is 4.79 Å². The summed E-state index contributed by atoms with van der Waals surface area (Å²) in [6.45, 7) is 0.792. The Labute approximate surface area is 165 Å². The maximum Gasteiger partial charge on any atom is 0.254 e. The smallest absolute Gasteiger partial charge is 0.254 e. The Morgan fingerprint density at radius 2 is 1.82 bits per heavy atom. The quantitative estimate of drug-likeness (QED) is 0.689. The number of nitrogens with zero attached hydrogens (tertiary/aromatic N) is 4. The lowest BCUT2D eigenvalue weighted by atomic mass is 10.0. The van der Waals surface area contributed by atoms with Gasteiger partial charge in [0, 0.05) is 31.8 Å². The molecular formula is C23H24N4O. The summed E-state index contributed by atoms with van der Waals surface area (Å²) in [4.78, 5) is 17.1. The van der Waals surface area contributed by atoms with E-state index in [1.165, 1.54) is 5.56 Å². The van der Waals surface area contributed by atoms with Crippen molar-refractivity contribution in [2.75, 3.05) is 25.5 Å². The van der Waals surface area contributed by atoms with Crippen molar-refractivity contribution >= 4 is 11.7 Å². The summed E-state index contributed by atoms with van der Waals surface area (Å²) in [5.74, 6) is 0.879. The SMILES string of the molecule is CN(C)c1ccc(-c2cccc(C(=O)N3CCC[C@@H]3c3ccccc3)c2)nn1. The fraction of sp³-hybridized carbons (Fsp3) is 0.261. The molecule has 4 rings (SSSR count). The molecular weight excluding hydrogens is 348 g/mol. The van der Waals surface area contributed by atoms with E-state index in [4.69, 9.17) is 0 Å². The van der Waals surface area contributed by atoms with Gasteiger partial charge in [-0.25, -0.2) is 0 Å². The minimum atomic E-state index is 0.0751. The maximum atomic E-state index is 13.2. The minimum absolute atomic E-state index is 0.0751. The van der Waals surface area contributed by atoms with Crippen LogP contribution in [0.25, 0.3) is 11.3 Å². The van der Waals surface area contributed by atoms with E-state index >= 15 is 0 Å². The lowest BCUT2D eigenvalue weighted by Crippen LogP contribution is -2.30. The number of aromatic nitrogens is 2. The summed E-state index contributed by atoms with van der Waals surface area (Å²) in [6.07, 6.45) is 2.04. The van der Waals surface area contributed by atoms with E-state index in [9.17, 15) is 4.79 Å². The number of carbonyl (C=O) groups is 1. The van der Waals surface area contributed by atoms with Crippen LogP contribution in [0, 0.1) is 0 Å². The maximum absolute atomic E-state index is 13.2. The van der Waals surface area contributed by atoms with Crippen molar-refractivity contribution in [3.05, 3.63) is 77.9 Å². The third kappa shape index (κ3) is 3.60. The molecule has 28 heavy (non-hydrogen) atoms. The summed E-state index contributed by atoms with van der Waals surface area (Å²) >= 11 is 0. The molecule has 5 heteroatoms. The van der Waals surface area contributed by atoms with Crippen LogP contribution in [-0.2, 0) is 0 Å². The van der Waals surface area contributed by atoms with Crippen molar-refractivity contribution in [2.45, 2.75) is 18.9 Å². The third-order valence-electron chi connectivity index (χ3n) is 5.21. The first kappa shape index (κ1) is 18.2. The van der Waals surface area contributed by atoms with Crippen LogP contribution in [0.15, 0.2) is 66.7 Å². The summed E-state index contributed by atoms with van der Waals surface area (Å²) in [5.41, 5.74) is 3.56. The first-order chi connectivity index (χ1) is 13.6. The lowest BCUT2D eigenvalue weighted by molar-refractivity contribution is 0.0735. The summed E-state index contributed by atoms with van der Waals surface area (Å²) in [6, 6.07) is 22.0. The second-order valence-corrected chi connectivity index (χ2v) is 7.32. The zero-order valence-corrected chi connectivity index (χ0v) is 16.2. The number of hydrogen-bond donors (Lipinski definition) is 0. The molecule has 0 N–H and O–H groups in total. The molecule has 142 valence electrons. The van der Waals surface area contributed by atoms with Crippen LogP contribution in [0.1, 0.15) is 34.8 Å². The van der Waals surface area contributed by atoms with E-state index in [1.54, 1.807) is 0 Å². The van der Waals surface area contributed by atoms with Crippen LogP contribution in [0.5, 0.6) is 0 Å². The molecule has 0 saturated carbocycles. The normalized spacial score (nSPS) is 16.2. The highest BCUT2D eigenvalue weighted by Gasteiger charge is 2.30. The second kappa shape index (κ2) is 7.80. The lowest BCUT2D eigenvalue weighted by Gasteiger charge is -2.25. The first-order valence-corrected chi connectivity index (χ1v) is 9.61. The fourth-order valence-corrected chi connectivity index (χ4v) is 3.73. The third-order valence-corrected chi connectivity index (χ3v) is 5.21. The van der Waals surface area contributed by atoms with Gasteiger partial charge in [-0.05, 0) is 42.7 Å². The Hall–Kier alpha value is -3.21. The Balaban J connectivity index is 1.59. The highest BCUT2D eigenvalue weighted by Crippen LogP contribution is 2.33. The standard InChI is InChI=1S/C23H24N4O/c1-26(2)22-14-13-20(24-25-22)18-10-6-11-19(16-18)23(28)27-15-7-12-21(27)17-8-4-3-5-9-17/h3-6,8-11,13-14,16,21H,7,12,15H2,1-2H3/t21-/m1/s1. The zero-order chi connectivity index (χ0) is 19.5. The molecule has 1 aromatic heterocycles. The van der Waals surface area contributed by atoms with Crippen molar-refractivity contribution in [3.63, 3.8) is 0 Å². The molecule has 2 aromatic carbocycles. The molecule has 0 aliphatic carbocycles. The van der Waals surface area contributed by atoms with Crippen LogP contribution >= 0.6 is 0 Å². The van der Waals surface area contributed by atoms with E-state index in [-0.39, 0.29) is 11.9 Å². The van der Waals surface area contributed by atoms with Gasteiger partial charge in [-0.1, -0.05) is 42.5 Å². The van der Waals surface area contributed by atoms with Crippen molar-refractivity contribution in [3.8, 4) is 11.3 Å². The molecule has 0 spiro atoms. The van der Waals surface area contributed by atoms with Crippen molar-refractivity contribution in [2.24, 2.45) is 0 Å². The second-order valence-electron chi connectivity index (χ2n) is 7.32. The molecule has 0 unspecified atom stereocenters. The Bertz CT molecular complexity index is 954. The van der Waals surface area contributed by atoms with Crippen LogP contribution < -0.4 is 4.90 Å². The topological polar surface area (TPSA) is 49.3 Å². The van der Waals surface area contributed by atoms with Crippen LogP contribution in [0.4, 0.5) is 5.82 Å². The molecule has 0 bridgehead atoms. The molecule has 5 nitrogen and oxygen atoms in total. The van der Waals surface area contributed by atoms with E-state index in [0.29, 0.717) is 5.56 Å². The van der Waals surface area contributed by atoms with Crippen molar-refractivity contribution in [1.82, 2.24) is 15.1 Å². The fourth-order valence-electron chi connectivity index (χ4n) is 3.73. The van der Waals surface area contributed by atoms with Crippen LogP contribution in [0.2, 0.25) is 0 Å². The van der Waals surface area contributed by atoms with Gasteiger partial charge < -0.3 is 9.80 Å². The number of anilines is 1. The molecule has 3 aromatic rings. The van der Waals surface area contributed by atoms with E-state index < -0.39 is 0 Å². The highest BCUT2D eigenvalue weighted by molar-refractivity contribution is 5.95. The average molecular weight is 372 g/mol. The van der Waals surface area contributed by atoms with Crippen LogP contribution in [-0.4, -0.2) is 41.6 Å². The molecule has 1 saturated heterocycles. The van der Waals surface area contributed by atoms with Gasteiger partial charge in [-0.2, -0.15) is 0 Å². The van der Waals surface area contributed by atoms with E-state index in [1.807, 2.05) is 78.5 Å². The van der Waals surface area contributed by atoms with E-state index in [2.05, 4.69) is 22.3 Å². The Morgan fingerprint density at radius 1 is 1.00 bits per heavy atom. The summed E-state index contributed by atoms with van der Waals surface area (Å²) in [7, 11) is 3.87. The summed E-state index contributed by atoms with van der Waals surface area (Å²) < 4.78 is 0. The highest BCUT2D eigenvalue weighted by atomic mass is 16.2. The van der Waals surface area contributed by atoms with E-state index in [0.717, 1.165) is 36.5 Å². The first-order valence-electron chi connectivity index (χ1n) is 9.61. The summed E-state index contributed by atoms with van der Waals surface area (Å²) in [5, 5.41) is 8.55. The Kier molecular flexibility index (Phi) is 5.06. The number of carbonyl (C=O) groups excluding carboxylic acids is 1. The molecule has 1 aliphatic heterocycles. The zero-order valence-electron chi connectivity index (χ0n) is 16.2. The van der Waals surface area contributed by atoms with Gasteiger partial charge in [-0.3, -0.25) is 4.79 Å². The number of amides is 1. The largest absolute Gasteiger partial charge is 0.361 e. The predicted molar refractivity (Wildman–Crippen MR) is 111 cm³/mol.